The van der Waals surface area contributed by atoms with Gasteiger partial charge in [0, 0.05) is 0 Å². The molecule has 0 saturated carbocycles. The molecule has 0 saturated heterocycles. The third kappa shape index (κ3) is 11.6. The summed E-state index contributed by atoms with van der Waals surface area (Å²) in [5.74, 6) is -1.90. The number of hydrogen-bond donors (Lipinski definition) is 2. The molecule has 0 fully saturated rings. The van der Waals surface area contributed by atoms with Crippen LogP contribution in [0.15, 0.2) is 3.50 Å². The number of carbonyl (C=O) groups is 3. The Labute approximate surface area is 138 Å². The fourth-order valence-corrected chi connectivity index (χ4v) is 1.81. The first kappa shape index (κ1) is 21.4. The summed E-state index contributed by atoms with van der Waals surface area (Å²) in [6.45, 7) is 0.0455. The largest absolute Gasteiger partial charge is 0.357 e. The van der Waals surface area contributed by atoms with Gasteiger partial charge in [-0.2, -0.15) is 0 Å². The first-order valence-corrected chi connectivity index (χ1v) is 8.87. The normalized spacial score (nSPS) is 10.7. The Bertz CT molecular complexity index is 365. The average molecular weight is 629 g/mol. The van der Waals surface area contributed by atoms with Gasteiger partial charge in [-0.25, -0.2) is 0 Å². The Morgan fingerprint density at radius 3 is 2.32 bits per heavy atom. The Hall–Kier alpha value is 0.0966. The van der Waals surface area contributed by atoms with Crippen LogP contribution in [0.25, 0.3) is 0 Å². The summed E-state index contributed by atoms with van der Waals surface area (Å²) in [6, 6.07) is -0.819. The number of likely N-dealkylation sites (N-methyl/N-ethyl adjacent to an activating group) is 1. The van der Waals surface area contributed by atoms with Gasteiger partial charge in [-0.1, -0.05) is 0 Å². The van der Waals surface area contributed by atoms with Crippen LogP contribution < -0.4 is 5.32 Å². The molecule has 0 aliphatic carbocycles. The second-order valence-electron chi connectivity index (χ2n) is 3.08. The van der Waals surface area contributed by atoms with Crippen molar-refractivity contribution in [1.29, 1.82) is 0 Å². The summed E-state index contributed by atoms with van der Waals surface area (Å²) in [7, 11) is 1.50. The van der Waals surface area contributed by atoms with Crippen molar-refractivity contribution >= 4 is 29.5 Å². The van der Waals surface area contributed by atoms with Crippen LogP contribution in [0.1, 0.15) is 6.42 Å². The van der Waals surface area contributed by atoms with Crippen LogP contribution in [0.4, 0.5) is 0 Å². The van der Waals surface area contributed by atoms with Crippen LogP contribution in [0.3, 0.4) is 0 Å². The zero-order chi connectivity index (χ0) is 15.4. The zero-order valence-corrected chi connectivity index (χ0v) is 17.2. The van der Waals surface area contributed by atoms with Gasteiger partial charge in [0.2, 0.25) is 0 Å². The maximum Gasteiger partial charge on any atom is -0.0495 e. The number of aliphatic carboxylic acids is 1. The van der Waals surface area contributed by atoms with Crippen molar-refractivity contribution in [2.24, 2.45) is 3.50 Å². The fraction of sp³-hybridized carbons (Fsp3) is 0.556. The van der Waals surface area contributed by atoms with Gasteiger partial charge in [0.25, 0.3) is 0 Å². The van der Waals surface area contributed by atoms with Crippen LogP contribution in [0.5, 0.6) is 0 Å². The number of hydrogen-bond acceptors (Lipinski definition) is 5. The van der Waals surface area contributed by atoms with Crippen LogP contribution in [-0.2, 0) is 53.6 Å². The molecule has 19 heavy (non-hydrogen) atoms. The molecular formula is C9H15N3O4SW2. The van der Waals surface area contributed by atoms with E-state index in [9.17, 15) is 14.4 Å². The maximum atomic E-state index is 11.4. The first-order valence-electron chi connectivity index (χ1n) is 4.85. The van der Waals surface area contributed by atoms with Crippen molar-refractivity contribution in [2.75, 3.05) is 19.8 Å². The van der Waals surface area contributed by atoms with Gasteiger partial charge >= 0.3 is 114 Å². The minimum absolute atomic E-state index is 0.0455. The molecule has 0 rings (SSSR count). The van der Waals surface area contributed by atoms with E-state index in [2.05, 4.69) is 15.1 Å². The van der Waals surface area contributed by atoms with Gasteiger partial charge in [-0.15, -0.1) is 0 Å². The third-order valence-electron chi connectivity index (χ3n) is 1.68. The molecule has 1 unspecified atom stereocenters. The molecule has 0 aromatic heterocycles. The molecular weight excluding hydrogens is 614 g/mol. The number of rotatable bonds is 6. The molecule has 0 aliphatic heterocycles. The number of carboxylic acid groups (broad SMARTS) is 1. The molecule has 2 amide bonds. The summed E-state index contributed by atoms with van der Waals surface area (Å²) >= 11 is 3.05. The summed E-state index contributed by atoms with van der Waals surface area (Å²) in [5, 5.41) is 11.3. The van der Waals surface area contributed by atoms with E-state index in [0.29, 0.717) is 0 Å². The molecule has 0 aromatic rings. The van der Waals surface area contributed by atoms with Crippen LogP contribution in [0.2, 0.25) is 0 Å². The molecule has 1 atom stereocenters. The summed E-state index contributed by atoms with van der Waals surface area (Å²) in [5.41, 5.74) is 0. The standard InChI is InChI=1S/C7H11N3O4.C2H5S.2W/c1-9-4(7(13)14)3-10-6(12)2-5(8)11;1-3-2;;/h4,9H,2-3H2,1H3,(H2,10,12,13,14);1H2,2H3;;/q;-1;;+2/p-1. The molecule has 10 heteroatoms. The van der Waals surface area contributed by atoms with E-state index < -0.39 is 23.8 Å². The van der Waals surface area contributed by atoms with Gasteiger partial charge in [-0.3, -0.25) is 6.26 Å². The van der Waals surface area contributed by atoms with Crippen molar-refractivity contribution in [3.05, 3.63) is 6.26 Å². The number of amides is 2. The van der Waals surface area contributed by atoms with Crippen LogP contribution >= 0.6 is 11.8 Å². The number of nitrogens with one attached hydrogen (secondary N) is 1. The second kappa shape index (κ2) is 13.1. The van der Waals surface area contributed by atoms with E-state index in [-0.39, 0.29) is 13.0 Å². The summed E-state index contributed by atoms with van der Waals surface area (Å²) in [6.07, 6.45) is 5.04. The van der Waals surface area contributed by atoms with Crippen LogP contribution in [-0.4, -0.2) is 51.9 Å². The Balaban J connectivity index is 0. The summed E-state index contributed by atoms with van der Waals surface area (Å²) < 4.78 is 4.70. The SMILES string of the molecule is CNC(C[N+](=[W])C(=O)CC(=O)[N]=[W])C(=O)O.[CH2-]SC. The number of carbonyl (C=O) groups excluding carboxylic acids is 2. The molecule has 0 radical (unpaired) electrons. The van der Waals surface area contributed by atoms with E-state index in [1.54, 1.807) is 0 Å². The monoisotopic (exact) mass is 629 g/mol. The molecule has 0 spiro atoms. The average Bonchev–Trinajstić information content (AvgIpc) is 2.35. The topological polar surface area (TPSA) is 98.8 Å². The Morgan fingerprint density at radius 1 is 1.53 bits per heavy atom. The number of thioether (sulfide) groups is 1. The van der Waals surface area contributed by atoms with Gasteiger partial charge in [0.1, 0.15) is 0 Å². The predicted molar refractivity (Wildman–Crippen MR) is 61.5 cm³/mol. The Morgan fingerprint density at radius 2 is 2.00 bits per heavy atom. The van der Waals surface area contributed by atoms with E-state index in [1.807, 2.05) is 6.26 Å². The van der Waals surface area contributed by atoms with Crippen LogP contribution in [0, 0.1) is 6.26 Å². The predicted octanol–water partition coefficient (Wildman–Crippen LogP) is -0.283. The van der Waals surface area contributed by atoms with Crippen molar-refractivity contribution in [3.8, 4) is 0 Å². The van der Waals surface area contributed by atoms with E-state index in [1.165, 1.54) is 21.9 Å². The minimum Gasteiger partial charge on any atom is -0.357 e. The third-order valence-corrected chi connectivity index (χ3v) is 3.68. The number of carboxylic acids is 1. The maximum absolute atomic E-state index is 11.4. The molecule has 2 N–H and O–H groups in total. The van der Waals surface area contributed by atoms with Crippen molar-refractivity contribution in [2.45, 2.75) is 12.5 Å². The van der Waals surface area contributed by atoms with E-state index in [4.69, 9.17) is 5.11 Å². The second-order valence-corrected chi connectivity index (χ2v) is 5.90. The van der Waals surface area contributed by atoms with Gasteiger partial charge in [0.05, 0.1) is 0 Å². The van der Waals surface area contributed by atoms with Gasteiger partial charge in [0.15, 0.2) is 0 Å². The van der Waals surface area contributed by atoms with Crippen molar-refractivity contribution in [1.82, 2.24) is 5.32 Å². The van der Waals surface area contributed by atoms with Gasteiger partial charge in [-0.05, 0) is 6.26 Å². The molecule has 0 heterocycles. The van der Waals surface area contributed by atoms with Crippen molar-refractivity contribution < 1.29 is 61.8 Å². The van der Waals surface area contributed by atoms with E-state index >= 15 is 0 Å². The molecule has 0 bridgehead atoms. The molecule has 7 nitrogen and oxygen atoms in total. The number of nitrogens with zero attached hydrogens (tertiary/aromatic N) is 2. The molecule has 0 aromatic carbocycles. The van der Waals surface area contributed by atoms with Crippen molar-refractivity contribution in [3.63, 3.8) is 0 Å². The summed E-state index contributed by atoms with van der Waals surface area (Å²) in [4.78, 5) is 33.0. The van der Waals surface area contributed by atoms with E-state index in [0.717, 1.165) is 39.3 Å². The Kier molecular flexibility index (Phi) is 14.7. The smallest absolute Gasteiger partial charge is 0.0495 e. The fourth-order valence-electron chi connectivity index (χ4n) is 0.810. The molecule has 108 valence electrons. The quantitative estimate of drug-likeness (QED) is 0.310. The molecule has 0 aliphatic rings. The first-order chi connectivity index (χ1) is 8.83. The zero-order valence-electron chi connectivity index (χ0n) is 10.5. The minimum atomic E-state index is -1.03. The van der Waals surface area contributed by atoms with Gasteiger partial charge < -0.3 is 11.8 Å².